The molecule has 0 fully saturated rings. The van der Waals surface area contributed by atoms with Crippen LogP contribution in [-0.4, -0.2) is 11.1 Å². The molecular weight excluding hydrogens is 236 g/mol. The van der Waals surface area contributed by atoms with Crippen LogP contribution in [0.3, 0.4) is 0 Å². The van der Waals surface area contributed by atoms with Crippen molar-refractivity contribution in [1.82, 2.24) is 0 Å². The van der Waals surface area contributed by atoms with Gasteiger partial charge in [0.05, 0.1) is 6.42 Å². The fraction of sp³-hybridized carbons (Fsp3) is 0.500. The number of rotatable bonds is 6. The fourth-order valence-corrected chi connectivity index (χ4v) is 2.44. The summed E-state index contributed by atoms with van der Waals surface area (Å²) in [6, 6.07) is 7.53. The van der Waals surface area contributed by atoms with Crippen molar-refractivity contribution in [3.05, 3.63) is 34.9 Å². The third-order valence-corrected chi connectivity index (χ3v) is 3.56. The van der Waals surface area contributed by atoms with Gasteiger partial charge in [-0.05, 0) is 29.5 Å². The zero-order chi connectivity index (χ0) is 12.8. The maximum absolute atomic E-state index is 11.0. The molecule has 3 heteroatoms. The van der Waals surface area contributed by atoms with Gasteiger partial charge in [-0.2, -0.15) is 0 Å². The van der Waals surface area contributed by atoms with E-state index in [1.165, 1.54) is 0 Å². The predicted octanol–water partition coefficient (Wildman–Crippen LogP) is 4.33. The van der Waals surface area contributed by atoms with Gasteiger partial charge in [0.2, 0.25) is 0 Å². The maximum atomic E-state index is 11.0. The van der Waals surface area contributed by atoms with Gasteiger partial charge in [-0.15, -0.1) is 0 Å². The van der Waals surface area contributed by atoms with Gasteiger partial charge in [0.15, 0.2) is 0 Å². The molecule has 0 aliphatic carbocycles. The Morgan fingerprint density at radius 1 is 1.24 bits per heavy atom. The summed E-state index contributed by atoms with van der Waals surface area (Å²) in [6.45, 7) is 4.22. The first-order valence-corrected chi connectivity index (χ1v) is 6.43. The van der Waals surface area contributed by atoms with E-state index >= 15 is 0 Å². The number of hydrogen-bond acceptors (Lipinski definition) is 1. The molecule has 0 amide bonds. The Hall–Kier alpha value is -1.02. The summed E-state index contributed by atoms with van der Waals surface area (Å²) in [7, 11) is 0. The number of halogens is 1. The van der Waals surface area contributed by atoms with Crippen molar-refractivity contribution in [3.63, 3.8) is 0 Å². The van der Waals surface area contributed by atoms with E-state index in [0.717, 1.165) is 18.4 Å². The van der Waals surface area contributed by atoms with E-state index in [-0.39, 0.29) is 12.3 Å². The summed E-state index contributed by atoms with van der Waals surface area (Å²) in [6.07, 6.45) is 2.18. The molecule has 2 nitrogen and oxygen atoms in total. The summed E-state index contributed by atoms with van der Waals surface area (Å²) >= 11 is 5.85. The van der Waals surface area contributed by atoms with E-state index in [9.17, 15) is 4.79 Å². The molecule has 0 heterocycles. The fourth-order valence-electron chi connectivity index (χ4n) is 2.31. The average Bonchev–Trinajstić information content (AvgIpc) is 2.30. The van der Waals surface area contributed by atoms with Gasteiger partial charge in [0, 0.05) is 5.02 Å². The van der Waals surface area contributed by atoms with Crippen LogP contribution in [-0.2, 0) is 4.79 Å². The van der Waals surface area contributed by atoms with Crippen LogP contribution in [0, 0.1) is 5.92 Å². The molecule has 0 aliphatic heterocycles. The van der Waals surface area contributed by atoms with E-state index in [4.69, 9.17) is 16.7 Å². The summed E-state index contributed by atoms with van der Waals surface area (Å²) in [5, 5.41) is 9.70. The smallest absolute Gasteiger partial charge is 0.303 e. The molecule has 0 bridgehead atoms. The first-order chi connectivity index (χ1) is 8.08. The van der Waals surface area contributed by atoms with Crippen LogP contribution >= 0.6 is 11.6 Å². The molecule has 0 saturated carbocycles. The molecule has 0 aromatic heterocycles. The SMILES string of the molecule is CCC(CC)C(CC(=O)O)c1ccc(Cl)cc1. The van der Waals surface area contributed by atoms with Gasteiger partial charge < -0.3 is 5.11 Å². The second-order valence-electron chi connectivity index (χ2n) is 4.33. The molecule has 1 atom stereocenters. The molecular formula is C14H19ClO2. The van der Waals surface area contributed by atoms with E-state index in [1.54, 1.807) is 0 Å². The van der Waals surface area contributed by atoms with Gasteiger partial charge in [-0.1, -0.05) is 50.4 Å². The summed E-state index contributed by atoms with van der Waals surface area (Å²) in [5.41, 5.74) is 1.07. The number of carboxylic acid groups (broad SMARTS) is 1. The van der Waals surface area contributed by atoms with Gasteiger partial charge in [-0.3, -0.25) is 4.79 Å². The van der Waals surface area contributed by atoms with Gasteiger partial charge in [-0.25, -0.2) is 0 Å². The van der Waals surface area contributed by atoms with Gasteiger partial charge in [0.1, 0.15) is 0 Å². The zero-order valence-electron chi connectivity index (χ0n) is 10.3. The van der Waals surface area contributed by atoms with Gasteiger partial charge in [0.25, 0.3) is 0 Å². The topological polar surface area (TPSA) is 37.3 Å². The predicted molar refractivity (Wildman–Crippen MR) is 70.5 cm³/mol. The van der Waals surface area contributed by atoms with Crippen molar-refractivity contribution in [2.75, 3.05) is 0 Å². The first kappa shape index (κ1) is 14.0. The first-order valence-electron chi connectivity index (χ1n) is 6.05. The molecule has 1 unspecified atom stereocenters. The molecule has 0 aliphatic rings. The quantitative estimate of drug-likeness (QED) is 0.820. The minimum Gasteiger partial charge on any atom is -0.481 e. The lowest BCUT2D eigenvalue weighted by Gasteiger charge is -2.24. The minimum atomic E-state index is -0.739. The Kier molecular flexibility index (Phi) is 5.49. The summed E-state index contributed by atoms with van der Waals surface area (Å²) < 4.78 is 0. The third kappa shape index (κ3) is 4.04. The Morgan fingerprint density at radius 2 is 1.76 bits per heavy atom. The van der Waals surface area contributed by atoms with E-state index in [0.29, 0.717) is 10.9 Å². The number of carboxylic acids is 1. The lowest BCUT2D eigenvalue weighted by molar-refractivity contribution is -0.137. The highest BCUT2D eigenvalue weighted by molar-refractivity contribution is 6.30. The van der Waals surface area contributed by atoms with Crippen LogP contribution in [0.4, 0.5) is 0 Å². The summed E-state index contributed by atoms with van der Waals surface area (Å²) in [5.74, 6) is -0.246. The second kappa shape index (κ2) is 6.65. The molecule has 1 N–H and O–H groups in total. The molecule has 1 aromatic carbocycles. The van der Waals surface area contributed by atoms with Gasteiger partial charge >= 0.3 is 5.97 Å². The maximum Gasteiger partial charge on any atom is 0.303 e. The Balaban J connectivity index is 2.96. The van der Waals surface area contributed by atoms with Crippen molar-refractivity contribution < 1.29 is 9.90 Å². The third-order valence-electron chi connectivity index (χ3n) is 3.31. The largest absolute Gasteiger partial charge is 0.481 e. The Labute approximate surface area is 108 Å². The molecule has 0 radical (unpaired) electrons. The molecule has 0 spiro atoms. The average molecular weight is 255 g/mol. The number of carbonyl (C=O) groups is 1. The lowest BCUT2D eigenvalue weighted by atomic mass is 9.80. The highest BCUT2D eigenvalue weighted by Crippen LogP contribution is 2.33. The summed E-state index contributed by atoms with van der Waals surface area (Å²) in [4.78, 5) is 11.0. The van der Waals surface area contributed by atoms with E-state index in [1.807, 2.05) is 24.3 Å². The second-order valence-corrected chi connectivity index (χ2v) is 4.77. The highest BCUT2D eigenvalue weighted by Gasteiger charge is 2.23. The normalized spacial score (nSPS) is 12.7. The highest BCUT2D eigenvalue weighted by atomic mass is 35.5. The van der Waals surface area contributed by atoms with Crippen LogP contribution in [0.5, 0.6) is 0 Å². The lowest BCUT2D eigenvalue weighted by Crippen LogP contribution is -2.15. The van der Waals surface area contributed by atoms with Crippen molar-refractivity contribution >= 4 is 17.6 Å². The Bertz CT molecular complexity index is 355. The number of hydrogen-bond donors (Lipinski definition) is 1. The van der Waals surface area contributed by atoms with Crippen LogP contribution in [0.15, 0.2) is 24.3 Å². The van der Waals surface area contributed by atoms with Crippen LogP contribution < -0.4 is 0 Å². The monoisotopic (exact) mass is 254 g/mol. The standard InChI is InChI=1S/C14H19ClO2/c1-3-10(4-2)13(9-14(16)17)11-5-7-12(15)8-6-11/h5-8,10,13H,3-4,9H2,1-2H3,(H,16,17). The van der Waals surface area contributed by atoms with Crippen molar-refractivity contribution in [2.24, 2.45) is 5.92 Å². The molecule has 1 aromatic rings. The number of benzene rings is 1. The van der Waals surface area contributed by atoms with E-state index < -0.39 is 5.97 Å². The van der Waals surface area contributed by atoms with E-state index in [2.05, 4.69) is 13.8 Å². The van der Waals surface area contributed by atoms with Crippen molar-refractivity contribution in [3.8, 4) is 0 Å². The number of aliphatic carboxylic acids is 1. The van der Waals surface area contributed by atoms with Crippen LogP contribution in [0.2, 0.25) is 5.02 Å². The minimum absolute atomic E-state index is 0.0831. The molecule has 0 saturated heterocycles. The van der Waals surface area contributed by atoms with Crippen LogP contribution in [0.25, 0.3) is 0 Å². The van der Waals surface area contributed by atoms with Crippen molar-refractivity contribution in [1.29, 1.82) is 0 Å². The Morgan fingerprint density at radius 3 is 2.18 bits per heavy atom. The zero-order valence-corrected chi connectivity index (χ0v) is 11.1. The van der Waals surface area contributed by atoms with Crippen LogP contribution in [0.1, 0.15) is 44.6 Å². The molecule has 17 heavy (non-hydrogen) atoms. The molecule has 1 rings (SSSR count). The molecule has 94 valence electrons. The van der Waals surface area contributed by atoms with Crippen molar-refractivity contribution in [2.45, 2.75) is 39.0 Å².